The van der Waals surface area contributed by atoms with Crippen molar-refractivity contribution in [2.24, 2.45) is 5.41 Å². The van der Waals surface area contributed by atoms with E-state index in [1.807, 2.05) is 6.08 Å². The van der Waals surface area contributed by atoms with Crippen molar-refractivity contribution in [3.63, 3.8) is 0 Å². The Labute approximate surface area is 193 Å². The van der Waals surface area contributed by atoms with E-state index in [-0.39, 0.29) is 16.5 Å². The number of allylic oxidation sites excluding steroid dienone is 2. The Bertz CT molecular complexity index is 1030. The molecule has 0 saturated carbocycles. The molecule has 1 aliphatic rings. The van der Waals surface area contributed by atoms with Crippen molar-refractivity contribution in [1.29, 1.82) is 0 Å². The third-order valence-corrected chi connectivity index (χ3v) is 6.32. The quantitative estimate of drug-likeness (QED) is 0.282. The van der Waals surface area contributed by atoms with Gasteiger partial charge in [0.25, 0.3) is 0 Å². The van der Waals surface area contributed by atoms with Gasteiger partial charge in [-0.1, -0.05) is 26.0 Å². The smallest absolute Gasteiger partial charge is 0.467 e. The van der Waals surface area contributed by atoms with E-state index >= 15 is 0 Å². The summed E-state index contributed by atoms with van der Waals surface area (Å²) < 4.78 is 78.5. The molecule has 0 N–H and O–H groups in total. The second-order valence-corrected chi connectivity index (χ2v) is 11.4. The van der Waals surface area contributed by atoms with Gasteiger partial charge in [-0.25, -0.2) is 4.79 Å². The van der Waals surface area contributed by atoms with Gasteiger partial charge in [-0.2, -0.15) is 21.6 Å². The Morgan fingerprint density at radius 3 is 2.21 bits per heavy atom. The van der Waals surface area contributed by atoms with Gasteiger partial charge in [-0.15, -0.1) is 0 Å². The topological polar surface area (TPSA) is 78.9 Å². The van der Waals surface area contributed by atoms with Gasteiger partial charge in [0.1, 0.15) is 0 Å². The van der Waals surface area contributed by atoms with Crippen LogP contribution >= 0.6 is 0 Å². The normalized spacial score (nSPS) is 17.8. The van der Waals surface area contributed by atoms with Crippen LogP contribution in [0.15, 0.2) is 18.2 Å². The number of halogens is 3. The fourth-order valence-corrected chi connectivity index (χ4v) is 4.07. The van der Waals surface area contributed by atoms with Crippen LogP contribution in [-0.2, 0) is 24.4 Å². The SMILES string of the molecule is COC(=O)C(OC(C)(C)C)c1c(C)ccc(OS(=O)(=O)C(F)(F)F)c1C1=CCC(C)(C)CC1. The predicted molar refractivity (Wildman–Crippen MR) is 118 cm³/mol. The molecule has 186 valence electrons. The number of rotatable bonds is 6. The molecule has 0 aromatic heterocycles. The summed E-state index contributed by atoms with van der Waals surface area (Å²) in [5, 5.41) is 0. The van der Waals surface area contributed by atoms with Crippen molar-refractivity contribution in [3.8, 4) is 5.75 Å². The van der Waals surface area contributed by atoms with Gasteiger partial charge >= 0.3 is 21.6 Å². The molecule has 10 heteroatoms. The molecule has 0 saturated heterocycles. The predicted octanol–water partition coefficient (Wildman–Crippen LogP) is 5.85. The lowest BCUT2D eigenvalue weighted by atomic mass is 9.75. The summed E-state index contributed by atoms with van der Waals surface area (Å²) in [6.07, 6.45) is 2.32. The second kappa shape index (κ2) is 9.29. The molecule has 0 bridgehead atoms. The van der Waals surface area contributed by atoms with Crippen LogP contribution in [0.1, 0.15) is 76.7 Å². The number of alkyl halides is 3. The average Bonchev–Trinajstić information content (AvgIpc) is 2.65. The fraction of sp³-hybridized carbons (Fsp3) is 0.609. The zero-order valence-electron chi connectivity index (χ0n) is 19.9. The maximum Gasteiger partial charge on any atom is 0.534 e. The number of ether oxygens (including phenoxy) is 2. The molecule has 0 fully saturated rings. The van der Waals surface area contributed by atoms with Gasteiger partial charge in [0.15, 0.2) is 11.9 Å². The number of aryl methyl sites for hydroxylation is 1. The maximum absolute atomic E-state index is 13.1. The minimum absolute atomic E-state index is 0.0315. The first-order valence-corrected chi connectivity index (χ1v) is 11.9. The molecule has 1 aliphatic carbocycles. The molecule has 1 aromatic rings. The summed E-state index contributed by atoms with van der Waals surface area (Å²) in [5.74, 6) is -1.27. The van der Waals surface area contributed by atoms with Gasteiger partial charge in [0, 0.05) is 11.1 Å². The highest BCUT2D eigenvalue weighted by molar-refractivity contribution is 7.88. The molecule has 0 amide bonds. The van der Waals surface area contributed by atoms with Crippen LogP contribution in [0, 0.1) is 12.3 Å². The zero-order valence-corrected chi connectivity index (χ0v) is 20.7. The van der Waals surface area contributed by atoms with E-state index in [9.17, 15) is 26.4 Å². The number of methoxy groups -OCH3 is 1. The van der Waals surface area contributed by atoms with Crippen molar-refractivity contribution in [2.75, 3.05) is 7.11 Å². The Morgan fingerprint density at radius 2 is 1.76 bits per heavy atom. The lowest BCUT2D eigenvalue weighted by Gasteiger charge is -2.33. The molecule has 1 aromatic carbocycles. The molecular weight excluding hydrogens is 461 g/mol. The Balaban J connectivity index is 2.83. The van der Waals surface area contributed by atoms with E-state index in [0.717, 1.165) is 0 Å². The number of esters is 1. The Hall–Kier alpha value is -2.07. The van der Waals surface area contributed by atoms with Gasteiger partial charge in [-0.3, -0.25) is 0 Å². The van der Waals surface area contributed by atoms with E-state index < -0.39 is 39.1 Å². The lowest BCUT2D eigenvalue weighted by Crippen LogP contribution is -2.31. The lowest BCUT2D eigenvalue weighted by molar-refractivity contribution is -0.164. The zero-order chi connectivity index (χ0) is 25.4. The van der Waals surface area contributed by atoms with E-state index in [0.29, 0.717) is 30.4 Å². The van der Waals surface area contributed by atoms with Crippen LogP contribution in [0.4, 0.5) is 13.2 Å². The molecule has 1 unspecified atom stereocenters. The van der Waals surface area contributed by atoms with Gasteiger partial charge in [0.2, 0.25) is 0 Å². The molecule has 0 heterocycles. The highest BCUT2D eigenvalue weighted by Crippen LogP contribution is 2.46. The number of hydrogen-bond acceptors (Lipinski definition) is 6. The van der Waals surface area contributed by atoms with Crippen molar-refractivity contribution in [1.82, 2.24) is 0 Å². The number of carbonyl (C=O) groups excluding carboxylic acids is 1. The van der Waals surface area contributed by atoms with Crippen molar-refractivity contribution >= 4 is 21.7 Å². The average molecular weight is 493 g/mol. The van der Waals surface area contributed by atoms with E-state index in [1.165, 1.54) is 19.2 Å². The third kappa shape index (κ3) is 6.50. The first kappa shape index (κ1) is 27.2. The van der Waals surface area contributed by atoms with Gasteiger partial charge < -0.3 is 13.7 Å². The standard InChI is InChI=1S/C23H31F3O6S/c1-14-8-9-16(32-33(28,29)23(24,25)26)18(15-10-12-22(5,6)13-11-15)17(14)19(20(27)30-7)31-21(2,3)4/h8-10,19H,11-13H2,1-7H3. The van der Waals surface area contributed by atoms with Crippen LogP contribution in [0.3, 0.4) is 0 Å². The van der Waals surface area contributed by atoms with Crippen LogP contribution in [0.2, 0.25) is 0 Å². The molecule has 33 heavy (non-hydrogen) atoms. The van der Waals surface area contributed by atoms with E-state index in [2.05, 4.69) is 18.0 Å². The Morgan fingerprint density at radius 1 is 1.15 bits per heavy atom. The van der Waals surface area contributed by atoms with Crippen LogP contribution in [0.25, 0.3) is 5.57 Å². The second-order valence-electron chi connectivity index (χ2n) is 9.88. The van der Waals surface area contributed by atoms with Crippen molar-refractivity contribution < 1.29 is 40.0 Å². The first-order valence-electron chi connectivity index (χ1n) is 10.5. The minimum Gasteiger partial charge on any atom is -0.467 e. The first-order chi connectivity index (χ1) is 14.9. The summed E-state index contributed by atoms with van der Waals surface area (Å²) in [7, 11) is -4.76. The summed E-state index contributed by atoms with van der Waals surface area (Å²) in [5.41, 5.74) is -5.02. The highest BCUT2D eigenvalue weighted by atomic mass is 32.2. The molecule has 0 spiro atoms. The summed E-state index contributed by atoms with van der Waals surface area (Å²) in [4.78, 5) is 12.7. The largest absolute Gasteiger partial charge is 0.534 e. The summed E-state index contributed by atoms with van der Waals surface area (Å²) in [6, 6.07) is 2.57. The summed E-state index contributed by atoms with van der Waals surface area (Å²) >= 11 is 0. The fourth-order valence-electron chi connectivity index (χ4n) is 3.60. The maximum atomic E-state index is 13.1. The van der Waals surface area contributed by atoms with Crippen molar-refractivity contribution in [3.05, 3.63) is 34.9 Å². The molecule has 6 nitrogen and oxygen atoms in total. The molecule has 0 radical (unpaired) electrons. The Kier molecular flexibility index (Phi) is 7.65. The van der Waals surface area contributed by atoms with Gasteiger partial charge in [0.05, 0.1) is 12.7 Å². The van der Waals surface area contributed by atoms with Crippen molar-refractivity contribution in [2.45, 2.75) is 78.0 Å². The molecule has 0 aliphatic heterocycles. The van der Waals surface area contributed by atoms with E-state index in [4.69, 9.17) is 9.47 Å². The third-order valence-electron chi connectivity index (χ3n) is 5.35. The van der Waals surface area contributed by atoms with Crippen LogP contribution in [0.5, 0.6) is 5.75 Å². The number of benzene rings is 1. The van der Waals surface area contributed by atoms with Crippen LogP contribution in [-0.4, -0.2) is 32.6 Å². The number of hydrogen-bond donors (Lipinski definition) is 0. The van der Waals surface area contributed by atoms with Crippen LogP contribution < -0.4 is 4.18 Å². The molecular formula is C23H31F3O6S. The molecule has 2 rings (SSSR count). The number of carbonyl (C=O) groups is 1. The monoisotopic (exact) mass is 492 g/mol. The van der Waals surface area contributed by atoms with Gasteiger partial charge in [-0.05, 0) is 69.6 Å². The summed E-state index contributed by atoms with van der Waals surface area (Å²) in [6.45, 7) is 10.9. The molecule has 1 atom stereocenters. The highest BCUT2D eigenvalue weighted by Gasteiger charge is 2.49. The minimum atomic E-state index is -5.94. The van der Waals surface area contributed by atoms with E-state index in [1.54, 1.807) is 27.7 Å².